The average Bonchev–Trinajstić information content (AvgIpc) is 3.48. The van der Waals surface area contributed by atoms with Gasteiger partial charge in [-0.05, 0) is 68.7 Å². The molecule has 3 aromatic rings. The second-order valence-corrected chi connectivity index (χ2v) is 12.2. The highest BCUT2D eigenvalue weighted by molar-refractivity contribution is 7.92. The first-order chi connectivity index (χ1) is 19.6. The molecule has 10 heteroatoms. The van der Waals surface area contributed by atoms with Gasteiger partial charge >= 0.3 is 0 Å². The largest absolute Gasteiger partial charge is 0.497 e. The van der Waals surface area contributed by atoms with Crippen molar-refractivity contribution < 1.29 is 27.1 Å². The van der Waals surface area contributed by atoms with Crippen molar-refractivity contribution >= 4 is 27.5 Å². The molecule has 1 aliphatic carbocycles. The number of hydrogen-bond acceptors (Lipinski definition) is 5. The van der Waals surface area contributed by atoms with Gasteiger partial charge in [0.15, 0.2) is 0 Å². The molecule has 0 saturated heterocycles. The number of para-hydroxylation sites is 1. The minimum Gasteiger partial charge on any atom is -0.497 e. The summed E-state index contributed by atoms with van der Waals surface area (Å²) >= 11 is 0. The summed E-state index contributed by atoms with van der Waals surface area (Å²) in [5.74, 6) is -1.19. The number of carbonyl (C=O) groups is 2. The van der Waals surface area contributed by atoms with Crippen LogP contribution in [0, 0.1) is 12.7 Å². The molecular weight excluding hydrogens is 545 g/mol. The zero-order valence-electron chi connectivity index (χ0n) is 23.5. The molecule has 0 aliphatic heterocycles. The topological polar surface area (TPSA) is 96.0 Å². The molecule has 1 atom stereocenters. The highest BCUT2D eigenvalue weighted by atomic mass is 32.2. The molecule has 1 aliphatic rings. The third kappa shape index (κ3) is 7.24. The summed E-state index contributed by atoms with van der Waals surface area (Å²) in [7, 11) is -2.82. The van der Waals surface area contributed by atoms with E-state index in [9.17, 15) is 18.0 Å². The van der Waals surface area contributed by atoms with Crippen LogP contribution in [-0.4, -0.2) is 50.9 Å². The molecule has 1 fully saturated rings. The van der Waals surface area contributed by atoms with E-state index in [0.717, 1.165) is 41.6 Å². The first kappa shape index (κ1) is 30.0. The predicted octanol–water partition coefficient (Wildman–Crippen LogP) is 4.81. The summed E-state index contributed by atoms with van der Waals surface area (Å²) in [6, 6.07) is 17.7. The number of nitrogens with one attached hydrogen (secondary N) is 1. The first-order valence-electron chi connectivity index (χ1n) is 13.7. The summed E-state index contributed by atoms with van der Waals surface area (Å²) in [5, 5.41) is 3.03. The monoisotopic (exact) mass is 581 g/mol. The number of benzene rings is 3. The lowest BCUT2D eigenvalue weighted by atomic mass is 10.1. The maximum absolute atomic E-state index is 15.0. The maximum atomic E-state index is 15.0. The molecule has 8 nitrogen and oxygen atoms in total. The third-order valence-electron chi connectivity index (χ3n) is 7.36. The van der Waals surface area contributed by atoms with E-state index < -0.39 is 34.3 Å². The Kier molecular flexibility index (Phi) is 9.65. The zero-order chi connectivity index (χ0) is 29.6. The molecule has 3 aromatic carbocycles. The summed E-state index contributed by atoms with van der Waals surface area (Å²) in [6.45, 7) is 2.75. The third-order valence-corrected chi connectivity index (χ3v) is 9.14. The number of carbonyl (C=O) groups excluding carboxylic acids is 2. The van der Waals surface area contributed by atoms with Crippen molar-refractivity contribution in [3.63, 3.8) is 0 Å². The normalized spacial score (nSPS) is 14.3. The lowest BCUT2D eigenvalue weighted by Gasteiger charge is -2.32. The van der Waals surface area contributed by atoms with E-state index in [1.807, 2.05) is 6.92 Å². The Labute approximate surface area is 241 Å². The van der Waals surface area contributed by atoms with Crippen LogP contribution in [0.3, 0.4) is 0 Å². The first-order valence-corrected chi connectivity index (χ1v) is 15.1. The predicted molar refractivity (Wildman–Crippen MR) is 156 cm³/mol. The zero-order valence-corrected chi connectivity index (χ0v) is 24.4. The fraction of sp³-hybridized carbons (Fsp3) is 0.355. The van der Waals surface area contributed by atoms with Gasteiger partial charge in [-0.15, -0.1) is 0 Å². The number of sulfonamides is 1. The Morgan fingerprint density at radius 2 is 1.71 bits per heavy atom. The van der Waals surface area contributed by atoms with Crippen LogP contribution in [0.15, 0.2) is 77.7 Å². The second-order valence-electron chi connectivity index (χ2n) is 10.3. The summed E-state index contributed by atoms with van der Waals surface area (Å²) < 4.78 is 48.8. The second kappa shape index (κ2) is 13.2. The number of halogens is 1. The lowest BCUT2D eigenvalue weighted by Crippen LogP contribution is -2.52. The number of ether oxygens (including phenoxy) is 1. The molecule has 218 valence electrons. The molecule has 0 aromatic heterocycles. The van der Waals surface area contributed by atoms with Crippen LogP contribution in [0.5, 0.6) is 5.75 Å². The van der Waals surface area contributed by atoms with Crippen LogP contribution in [0.2, 0.25) is 0 Å². The minimum absolute atomic E-state index is 0.0188. The van der Waals surface area contributed by atoms with Crippen LogP contribution in [0.4, 0.5) is 10.1 Å². The van der Waals surface area contributed by atoms with Crippen LogP contribution >= 0.6 is 0 Å². The van der Waals surface area contributed by atoms with Crippen molar-refractivity contribution in [2.24, 2.45) is 0 Å². The van der Waals surface area contributed by atoms with Crippen molar-refractivity contribution in [3.05, 3.63) is 89.7 Å². The molecule has 2 amide bonds. The number of rotatable bonds is 11. The Balaban J connectivity index is 1.70. The van der Waals surface area contributed by atoms with Crippen LogP contribution < -0.4 is 14.4 Å². The van der Waals surface area contributed by atoms with Gasteiger partial charge in [0.1, 0.15) is 24.2 Å². The Morgan fingerprint density at radius 1 is 1.02 bits per heavy atom. The SMILES string of the molecule is COc1cccc(CN(C(=O)CN(c2ccccc2F)S(=O)(=O)c2ccc(C)cc2)C(C)C(=O)NC2CCCC2)c1. The van der Waals surface area contributed by atoms with Crippen molar-refractivity contribution in [1.29, 1.82) is 0 Å². The summed E-state index contributed by atoms with van der Waals surface area (Å²) in [5.41, 5.74) is 1.28. The van der Waals surface area contributed by atoms with Crippen molar-refractivity contribution in [1.82, 2.24) is 10.2 Å². The van der Waals surface area contributed by atoms with Crippen LogP contribution in [0.25, 0.3) is 0 Å². The standard InChI is InChI=1S/C31H36FN3O5S/c1-22-15-17-27(18-16-22)41(38,39)35(29-14-7-6-13-28(29)32)21-30(36)34(20-24-9-8-12-26(19-24)40-3)23(2)31(37)33-25-10-4-5-11-25/h6-9,12-19,23,25H,4-5,10-11,20-21H2,1-3H3,(H,33,37). The van der Waals surface area contributed by atoms with Crippen molar-refractivity contribution in [3.8, 4) is 5.75 Å². The molecule has 0 bridgehead atoms. The van der Waals surface area contributed by atoms with Gasteiger partial charge < -0.3 is 15.0 Å². The van der Waals surface area contributed by atoms with Gasteiger partial charge in [-0.1, -0.05) is 54.8 Å². The van der Waals surface area contributed by atoms with E-state index in [2.05, 4.69) is 5.32 Å². The summed E-state index contributed by atoms with van der Waals surface area (Å²) in [6.07, 6.45) is 3.80. The number of amides is 2. The van der Waals surface area contributed by atoms with E-state index in [1.54, 1.807) is 43.3 Å². The molecular formula is C31H36FN3O5S. The highest BCUT2D eigenvalue weighted by Gasteiger charge is 2.34. The Bertz CT molecular complexity index is 1470. The van der Waals surface area contributed by atoms with Gasteiger partial charge in [-0.2, -0.15) is 0 Å². The van der Waals surface area contributed by atoms with E-state index in [1.165, 1.54) is 42.3 Å². The van der Waals surface area contributed by atoms with E-state index in [4.69, 9.17) is 4.74 Å². The number of methoxy groups -OCH3 is 1. The average molecular weight is 582 g/mol. The molecule has 1 unspecified atom stereocenters. The fourth-order valence-corrected chi connectivity index (χ4v) is 6.37. The number of anilines is 1. The van der Waals surface area contributed by atoms with Crippen molar-refractivity contribution in [2.75, 3.05) is 18.0 Å². The van der Waals surface area contributed by atoms with E-state index in [0.29, 0.717) is 11.3 Å². The molecule has 1 N–H and O–H groups in total. The highest BCUT2D eigenvalue weighted by Crippen LogP contribution is 2.27. The van der Waals surface area contributed by atoms with Gasteiger partial charge in [-0.3, -0.25) is 13.9 Å². The van der Waals surface area contributed by atoms with E-state index in [-0.39, 0.29) is 29.1 Å². The number of hydrogen-bond donors (Lipinski definition) is 1. The van der Waals surface area contributed by atoms with Gasteiger partial charge in [0, 0.05) is 12.6 Å². The molecule has 0 heterocycles. The molecule has 4 rings (SSSR count). The summed E-state index contributed by atoms with van der Waals surface area (Å²) in [4.78, 5) is 28.5. The molecule has 1 saturated carbocycles. The number of aryl methyl sites for hydroxylation is 1. The van der Waals surface area contributed by atoms with Crippen LogP contribution in [-0.2, 0) is 26.2 Å². The number of nitrogens with zero attached hydrogens (tertiary/aromatic N) is 2. The van der Waals surface area contributed by atoms with Gasteiger partial charge in [0.25, 0.3) is 10.0 Å². The Morgan fingerprint density at radius 3 is 2.37 bits per heavy atom. The molecule has 41 heavy (non-hydrogen) atoms. The van der Waals surface area contributed by atoms with Crippen molar-refractivity contribution in [2.45, 2.75) is 63.1 Å². The van der Waals surface area contributed by atoms with Gasteiger partial charge in [0.2, 0.25) is 11.8 Å². The minimum atomic E-state index is -4.34. The Hall–Kier alpha value is -3.92. The fourth-order valence-electron chi connectivity index (χ4n) is 4.95. The van der Waals surface area contributed by atoms with Crippen LogP contribution in [0.1, 0.15) is 43.7 Å². The maximum Gasteiger partial charge on any atom is 0.264 e. The van der Waals surface area contributed by atoms with Gasteiger partial charge in [-0.25, -0.2) is 12.8 Å². The van der Waals surface area contributed by atoms with Gasteiger partial charge in [0.05, 0.1) is 17.7 Å². The van der Waals surface area contributed by atoms with E-state index >= 15 is 4.39 Å². The smallest absolute Gasteiger partial charge is 0.264 e. The quantitative estimate of drug-likeness (QED) is 0.351. The molecule has 0 spiro atoms. The molecule has 0 radical (unpaired) electrons. The lowest BCUT2D eigenvalue weighted by molar-refractivity contribution is -0.139.